The minimum Gasteiger partial charge on any atom is -0.369 e. The lowest BCUT2D eigenvalue weighted by Crippen LogP contribution is -3.11. The van der Waals surface area contributed by atoms with Crippen LogP contribution < -0.4 is 4.90 Å². The Morgan fingerprint density at radius 1 is 0.957 bits per heavy atom. The van der Waals surface area contributed by atoms with Crippen molar-refractivity contribution in [2.24, 2.45) is 0 Å². The van der Waals surface area contributed by atoms with Crippen molar-refractivity contribution in [2.45, 2.75) is 19.4 Å². The molecule has 0 saturated carbocycles. The van der Waals surface area contributed by atoms with Crippen molar-refractivity contribution in [2.75, 3.05) is 19.6 Å². The second kappa shape index (κ2) is 8.17. The molecule has 120 valence electrons. The van der Waals surface area contributed by atoms with Crippen LogP contribution in [0.3, 0.4) is 0 Å². The summed E-state index contributed by atoms with van der Waals surface area (Å²) >= 11 is 5.97. The van der Waals surface area contributed by atoms with E-state index in [2.05, 4.69) is 25.7 Å². The normalized spacial score (nSPS) is 13.3. The van der Waals surface area contributed by atoms with Gasteiger partial charge >= 0.3 is 0 Å². The Hall–Kier alpha value is -1.79. The molecule has 0 saturated heterocycles. The Bertz CT molecular complexity index is 668. The molecule has 0 fully saturated rings. The van der Waals surface area contributed by atoms with Gasteiger partial charge in [0.25, 0.3) is 0 Å². The van der Waals surface area contributed by atoms with Crippen LogP contribution in [0.1, 0.15) is 25.0 Å². The molecule has 0 aromatic heterocycles. The fourth-order valence-electron chi connectivity index (χ4n) is 2.48. The van der Waals surface area contributed by atoms with E-state index in [1.54, 1.807) is 12.1 Å². The van der Waals surface area contributed by atoms with Crippen LogP contribution in [0.25, 0.3) is 0 Å². The van der Waals surface area contributed by atoms with Crippen LogP contribution in [-0.2, 0) is 5.60 Å². The highest BCUT2D eigenvalue weighted by Crippen LogP contribution is 2.29. The molecular formula is C20H23ClNO+. The van der Waals surface area contributed by atoms with Gasteiger partial charge in [-0.25, -0.2) is 0 Å². The first kappa shape index (κ1) is 17.6. The second-order valence-corrected chi connectivity index (χ2v) is 5.96. The van der Waals surface area contributed by atoms with Crippen LogP contribution in [0, 0.1) is 11.8 Å². The molecule has 0 amide bonds. The summed E-state index contributed by atoms with van der Waals surface area (Å²) in [6.45, 7) is 7.05. The van der Waals surface area contributed by atoms with E-state index in [0.717, 1.165) is 30.8 Å². The number of quaternary nitrogens is 1. The predicted octanol–water partition coefficient (Wildman–Crippen LogP) is 2.50. The summed E-state index contributed by atoms with van der Waals surface area (Å²) in [4.78, 5) is 1.39. The SMILES string of the molecule is CC[NH+](CC)CC#CC(O)(c1ccccc1)c1ccc(Cl)cc1. The van der Waals surface area contributed by atoms with E-state index >= 15 is 0 Å². The number of hydrogen-bond acceptors (Lipinski definition) is 1. The summed E-state index contributed by atoms with van der Waals surface area (Å²) in [6, 6.07) is 16.8. The minimum atomic E-state index is -1.32. The van der Waals surface area contributed by atoms with E-state index in [1.165, 1.54) is 4.90 Å². The molecule has 2 aromatic carbocycles. The fraction of sp³-hybridized carbons (Fsp3) is 0.300. The third-order valence-electron chi connectivity index (χ3n) is 4.06. The molecule has 23 heavy (non-hydrogen) atoms. The molecule has 2 aromatic rings. The minimum absolute atomic E-state index is 0.643. The summed E-state index contributed by atoms with van der Waals surface area (Å²) in [6.07, 6.45) is 0. The largest absolute Gasteiger partial charge is 0.369 e. The molecule has 0 radical (unpaired) electrons. The van der Waals surface area contributed by atoms with Gasteiger partial charge in [0.1, 0.15) is 6.54 Å². The monoisotopic (exact) mass is 328 g/mol. The van der Waals surface area contributed by atoms with Crippen molar-refractivity contribution < 1.29 is 10.0 Å². The van der Waals surface area contributed by atoms with Crippen molar-refractivity contribution >= 4 is 11.6 Å². The standard InChI is InChI=1S/C20H22ClNO/c1-3-22(4-2)16-8-15-20(23,17-9-6-5-7-10-17)18-11-13-19(21)14-12-18/h5-7,9-14,23H,3-4,16H2,1-2H3/p+1. The van der Waals surface area contributed by atoms with Gasteiger partial charge in [0.05, 0.1) is 13.1 Å². The van der Waals surface area contributed by atoms with E-state index in [1.807, 2.05) is 42.5 Å². The maximum absolute atomic E-state index is 11.3. The molecule has 0 spiro atoms. The lowest BCUT2D eigenvalue weighted by molar-refractivity contribution is -0.889. The van der Waals surface area contributed by atoms with Gasteiger partial charge < -0.3 is 10.0 Å². The first-order valence-electron chi connectivity index (χ1n) is 7.97. The number of halogens is 1. The number of hydrogen-bond donors (Lipinski definition) is 2. The average molecular weight is 329 g/mol. The highest BCUT2D eigenvalue weighted by Gasteiger charge is 2.29. The molecule has 0 bridgehead atoms. The van der Waals surface area contributed by atoms with E-state index in [4.69, 9.17) is 11.6 Å². The number of benzene rings is 2. The van der Waals surface area contributed by atoms with Gasteiger partial charge in [-0.05, 0) is 31.9 Å². The van der Waals surface area contributed by atoms with Gasteiger partial charge in [0, 0.05) is 16.1 Å². The Morgan fingerprint density at radius 3 is 2.09 bits per heavy atom. The molecule has 1 unspecified atom stereocenters. The van der Waals surface area contributed by atoms with E-state index in [-0.39, 0.29) is 0 Å². The van der Waals surface area contributed by atoms with Crippen LogP contribution in [0.5, 0.6) is 0 Å². The van der Waals surface area contributed by atoms with E-state index < -0.39 is 5.60 Å². The molecule has 0 aliphatic rings. The molecule has 2 N–H and O–H groups in total. The highest BCUT2D eigenvalue weighted by atomic mass is 35.5. The zero-order valence-corrected chi connectivity index (χ0v) is 14.4. The van der Waals surface area contributed by atoms with Crippen molar-refractivity contribution in [3.05, 3.63) is 70.7 Å². The number of rotatable bonds is 5. The third-order valence-corrected chi connectivity index (χ3v) is 4.31. The predicted molar refractivity (Wildman–Crippen MR) is 95.6 cm³/mol. The Morgan fingerprint density at radius 2 is 1.52 bits per heavy atom. The second-order valence-electron chi connectivity index (χ2n) is 5.52. The van der Waals surface area contributed by atoms with Crippen LogP contribution in [-0.4, -0.2) is 24.7 Å². The topological polar surface area (TPSA) is 24.7 Å². The molecule has 2 nitrogen and oxygen atoms in total. The Labute approximate surface area is 143 Å². The van der Waals surface area contributed by atoms with Gasteiger partial charge in [0.2, 0.25) is 0 Å². The van der Waals surface area contributed by atoms with Gasteiger partial charge in [-0.1, -0.05) is 60.0 Å². The van der Waals surface area contributed by atoms with Crippen molar-refractivity contribution in [3.63, 3.8) is 0 Å². The fourth-order valence-corrected chi connectivity index (χ4v) is 2.60. The summed E-state index contributed by atoms with van der Waals surface area (Å²) in [5.74, 6) is 6.26. The smallest absolute Gasteiger partial charge is 0.177 e. The van der Waals surface area contributed by atoms with Crippen LogP contribution in [0.4, 0.5) is 0 Å². The number of aliphatic hydroxyl groups is 1. The Kier molecular flexibility index (Phi) is 6.24. The molecule has 0 aliphatic heterocycles. The van der Waals surface area contributed by atoms with Crippen molar-refractivity contribution in [1.29, 1.82) is 0 Å². The molecule has 2 rings (SSSR count). The van der Waals surface area contributed by atoms with Crippen LogP contribution in [0.2, 0.25) is 5.02 Å². The highest BCUT2D eigenvalue weighted by molar-refractivity contribution is 6.30. The molecule has 0 aliphatic carbocycles. The van der Waals surface area contributed by atoms with Gasteiger partial charge in [0.15, 0.2) is 5.60 Å². The zero-order chi connectivity index (χ0) is 16.7. The summed E-state index contributed by atoms with van der Waals surface area (Å²) in [5.41, 5.74) is 0.179. The molecular weight excluding hydrogens is 306 g/mol. The first-order chi connectivity index (χ1) is 11.1. The van der Waals surface area contributed by atoms with E-state index in [0.29, 0.717) is 5.02 Å². The van der Waals surface area contributed by atoms with Crippen molar-refractivity contribution in [1.82, 2.24) is 0 Å². The maximum atomic E-state index is 11.3. The quantitative estimate of drug-likeness (QED) is 0.810. The first-order valence-corrected chi connectivity index (χ1v) is 8.35. The molecule has 3 heteroatoms. The lowest BCUT2D eigenvalue weighted by Gasteiger charge is -2.23. The summed E-state index contributed by atoms with van der Waals surface area (Å²) in [7, 11) is 0. The lowest BCUT2D eigenvalue weighted by atomic mass is 9.87. The van der Waals surface area contributed by atoms with E-state index in [9.17, 15) is 5.11 Å². The van der Waals surface area contributed by atoms with Crippen LogP contribution in [0.15, 0.2) is 54.6 Å². The summed E-state index contributed by atoms with van der Waals surface area (Å²) < 4.78 is 0. The summed E-state index contributed by atoms with van der Waals surface area (Å²) in [5, 5.41) is 11.9. The molecule has 1 atom stereocenters. The average Bonchev–Trinajstić information content (AvgIpc) is 2.60. The molecule has 0 heterocycles. The van der Waals surface area contributed by atoms with Gasteiger partial charge in [-0.15, -0.1) is 0 Å². The number of nitrogens with one attached hydrogen (secondary N) is 1. The van der Waals surface area contributed by atoms with Crippen LogP contribution >= 0.6 is 11.6 Å². The van der Waals surface area contributed by atoms with Crippen molar-refractivity contribution in [3.8, 4) is 11.8 Å². The zero-order valence-electron chi connectivity index (χ0n) is 13.6. The van der Waals surface area contributed by atoms with Gasteiger partial charge in [-0.3, -0.25) is 0 Å². The third kappa shape index (κ3) is 4.36. The maximum Gasteiger partial charge on any atom is 0.177 e. The van der Waals surface area contributed by atoms with Gasteiger partial charge in [-0.2, -0.15) is 0 Å². The Balaban J connectivity index is 2.40.